The Balaban J connectivity index is 2.92. The Kier molecular flexibility index (Phi) is 1.54. The summed E-state index contributed by atoms with van der Waals surface area (Å²) in [6.45, 7) is 4.03. The second-order valence-corrected chi connectivity index (χ2v) is 3.81. The molecule has 62 valence electrons. The van der Waals surface area contributed by atoms with Gasteiger partial charge in [0.25, 0.3) is 0 Å². The molecule has 3 heteroatoms. The van der Waals surface area contributed by atoms with E-state index in [1.807, 2.05) is 26.0 Å². The number of benzene rings is 1. The Morgan fingerprint density at radius 2 is 1.92 bits per heavy atom. The molecule has 0 radical (unpaired) electrons. The van der Waals surface area contributed by atoms with E-state index >= 15 is 0 Å². The van der Waals surface area contributed by atoms with Crippen molar-refractivity contribution in [2.24, 2.45) is 0 Å². The first-order chi connectivity index (χ1) is 5.66. The summed E-state index contributed by atoms with van der Waals surface area (Å²) in [5.74, 6) is 0. The van der Waals surface area contributed by atoms with Gasteiger partial charge in [0.1, 0.15) is 5.58 Å². The van der Waals surface area contributed by atoms with E-state index in [4.69, 9.17) is 4.42 Å². The quantitative estimate of drug-likeness (QED) is 0.623. The van der Waals surface area contributed by atoms with Crippen LogP contribution in [0, 0.1) is 13.8 Å². The van der Waals surface area contributed by atoms with Crippen molar-refractivity contribution in [3.63, 3.8) is 0 Å². The number of hydrogen-bond donors (Lipinski definition) is 0. The lowest BCUT2D eigenvalue weighted by atomic mass is 10.1. The van der Waals surface area contributed by atoms with E-state index in [0.29, 0.717) is 5.58 Å². The lowest BCUT2D eigenvalue weighted by Crippen LogP contribution is -1.79. The highest BCUT2D eigenvalue weighted by Crippen LogP contribution is 2.20. The fourth-order valence-electron chi connectivity index (χ4n) is 1.12. The first-order valence-electron chi connectivity index (χ1n) is 3.68. The average molecular weight is 180 g/mol. The molecule has 2 nitrogen and oxygen atoms in total. The van der Waals surface area contributed by atoms with Crippen LogP contribution < -0.4 is 4.94 Å². The Morgan fingerprint density at radius 3 is 2.67 bits per heavy atom. The number of fused-ring (bicyclic) bond motifs is 1. The third-order valence-corrected chi connectivity index (χ3v) is 2.74. The summed E-state index contributed by atoms with van der Waals surface area (Å²) in [6.07, 6.45) is 0. The van der Waals surface area contributed by atoms with Crippen molar-refractivity contribution in [2.75, 3.05) is 0 Å². The molecule has 0 saturated carbocycles. The lowest BCUT2D eigenvalue weighted by Gasteiger charge is -1.96. The van der Waals surface area contributed by atoms with Gasteiger partial charge in [-0.1, -0.05) is 11.3 Å². The number of aryl methyl sites for hydroxylation is 2. The van der Waals surface area contributed by atoms with Gasteiger partial charge in [0.2, 0.25) is 0 Å². The zero-order valence-electron chi connectivity index (χ0n) is 6.88. The van der Waals surface area contributed by atoms with E-state index in [-0.39, 0.29) is 4.94 Å². The molecule has 0 unspecified atom stereocenters. The first-order valence-corrected chi connectivity index (χ1v) is 4.49. The molecule has 1 heterocycles. The number of hydrogen-bond acceptors (Lipinski definition) is 3. The van der Waals surface area contributed by atoms with Crippen molar-refractivity contribution in [3.05, 3.63) is 33.0 Å². The van der Waals surface area contributed by atoms with E-state index in [1.54, 1.807) is 0 Å². The van der Waals surface area contributed by atoms with E-state index < -0.39 is 0 Å². The molecule has 0 aliphatic carbocycles. The summed E-state index contributed by atoms with van der Waals surface area (Å²) in [7, 11) is 0. The fraction of sp³-hybridized carbons (Fsp3) is 0.222. The van der Waals surface area contributed by atoms with Crippen molar-refractivity contribution >= 4 is 21.6 Å². The summed E-state index contributed by atoms with van der Waals surface area (Å²) < 4.78 is 5.90. The van der Waals surface area contributed by atoms with Gasteiger partial charge in [0.15, 0.2) is 0 Å². The van der Waals surface area contributed by atoms with Gasteiger partial charge < -0.3 is 4.42 Å². The standard InChI is InChI=1S/C9H8O2S/c1-5-3-7-8(4-6(5)2)12-9(10)11-7/h3-4H,1-2H3. The van der Waals surface area contributed by atoms with Gasteiger partial charge in [0.05, 0.1) is 4.70 Å². The molecular formula is C9H8O2S. The highest BCUT2D eigenvalue weighted by molar-refractivity contribution is 7.16. The van der Waals surface area contributed by atoms with Gasteiger partial charge in [-0.15, -0.1) is 0 Å². The molecular weight excluding hydrogens is 172 g/mol. The van der Waals surface area contributed by atoms with Crippen LogP contribution >= 0.6 is 11.3 Å². The van der Waals surface area contributed by atoms with Gasteiger partial charge in [0, 0.05) is 0 Å². The predicted molar refractivity (Wildman–Crippen MR) is 49.8 cm³/mol. The molecule has 1 aromatic heterocycles. The van der Waals surface area contributed by atoms with Crippen molar-refractivity contribution < 1.29 is 4.42 Å². The summed E-state index contributed by atoms with van der Waals surface area (Å²) in [6, 6.07) is 3.89. The van der Waals surface area contributed by atoms with Gasteiger partial charge >= 0.3 is 4.94 Å². The van der Waals surface area contributed by atoms with Crippen LogP contribution in [0.1, 0.15) is 11.1 Å². The van der Waals surface area contributed by atoms with Gasteiger partial charge in [-0.05, 0) is 37.1 Å². The molecule has 0 atom stereocenters. The first kappa shape index (κ1) is 7.55. The van der Waals surface area contributed by atoms with Gasteiger partial charge in [-0.2, -0.15) is 0 Å². The third-order valence-electron chi connectivity index (χ3n) is 1.95. The summed E-state index contributed by atoms with van der Waals surface area (Å²) in [5.41, 5.74) is 3.05. The third kappa shape index (κ3) is 1.06. The fourth-order valence-corrected chi connectivity index (χ4v) is 1.87. The minimum Gasteiger partial charge on any atom is -0.414 e. The molecule has 0 aliphatic rings. The van der Waals surface area contributed by atoms with Crippen molar-refractivity contribution in [2.45, 2.75) is 13.8 Å². The van der Waals surface area contributed by atoms with Crippen molar-refractivity contribution in [3.8, 4) is 0 Å². The largest absolute Gasteiger partial charge is 0.414 e. The van der Waals surface area contributed by atoms with E-state index in [2.05, 4.69) is 0 Å². The second kappa shape index (κ2) is 2.45. The molecule has 12 heavy (non-hydrogen) atoms. The van der Waals surface area contributed by atoms with E-state index in [1.165, 1.54) is 5.56 Å². The molecule has 0 spiro atoms. The number of rotatable bonds is 0. The molecule has 0 N–H and O–H groups in total. The summed E-state index contributed by atoms with van der Waals surface area (Å²) in [4.78, 5) is 10.6. The SMILES string of the molecule is Cc1cc2oc(=O)sc2cc1C. The van der Waals surface area contributed by atoms with Crippen molar-refractivity contribution in [1.29, 1.82) is 0 Å². The molecule has 0 bridgehead atoms. The Bertz CT molecular complexity index is 437. The molecule has 0 fully saturated rings. The van der Waals surface area contributed by atoms with Crippen LogP contribution in [0.4, 0.5) is 0 Å². The maximum atomic E-state index is 10.9. The van der Waals surface area contributed by atoms with Gasteiger partial charge in [-0.3, -0.25) is 0 Å². The van der Waals surface area contributed by atoms with E-state index in [0.717, 1.165) is 21.6 Å². The predicted octanol–water partition coefficient (Wildman–Crippen LogP) is 2.47. The highest BCUT2D eigenvalue weighted by Gasteiger charge is 2.03. The Morgan fingerprint density at radius 1 is 1.25 bits per heavy atom. The lowest BCUT2D eigenvalue weighted by molar-refractivity contribution is 0.585. The van der Waals surface area contributed by atoms with E-state index in [9.17, 15) is 4.79 Å². The topological polar surface area (TPSA) is 30.2 Å². The summed E-state index contributed by atoms with van der Waals surface area (Å²) >= 11 is 1.15. The van der Waals surface area contributed by atoms with Gasteiger partial charge in [-0.25, -0.2) is 4.79 Å². The minimum atomic E-state index is -0.227. The second-order valence-electron chi connectivity index (χ2n) is 2.84. The molecule has 0 saturated heterocycles. The van der Waals surface area contributed by atoms with Crippen LogP contribution in [0.5, 0.6) is 0 Å². The van der Waals surface area contributed by atoms with Crippen LogP contribution in [0.25, 0.3) is 10.3 Å². The maximum Gasteiger partial charge on any atom is 0.396 e. The van der Waals surface area contributed by atoms with Crippen molar-refractivity contribution in [1.82, 2.24) is 0 Å². The van der Waals surface area contributed by atoms with Crippen LogP contribution in [0.15, 0.2) is 21.3 Å². The Hall–Kier alpha value is -1.09. The molecule has 1 aromatic carbocycles. The summed E-state index contributed by atoms with van der Waals surface area (Å²) in [5, 5.41) is 0. The molecule has 2 aromatic rings. The van der Waals surface area contributed by atoms with Crippen LogP contribution in [-0.4, -0.2) is 0 Å². The van der Waals surface area contributed by atoms with Crippen LogP contribution in [0.2, 0.25) is 0 Å². The van der Waals surface area contributed by atoms with Crippen LogP contribution in [-0.2, 0) is 0 Å². The average Bonchev–Trinajstić information content (AvgIpc) is 2.30. The smallest absolute Gasteiger partial charge is 0.396 e. The Labute approximate surface area is 73.4 Å². The minimum absolute atomic E-state index is 0.227. The van der Waals surface area contributed by atoms with Crippen LogP contribution in [0.3, 0.4) is 0 Å². The maximum absolute atomic E-state index is 10.9. The zero-order chi connectivity index (χ0) is 8.72. The molecule has 0 amide bonds. The monoisotopic (exact) mass is 180 g/mol. The zero-order valence-corrected chi connectivity index (χ0v) is 7.70. The molecule has 0 aliphatic heterocycles. The normalized spacial score (nSPS) is 10.8. The molecule has 2 rings (SSSR count). The highest BCUT2D eigenvalue weighted by atomic mass is 32.1.